The topological polar surface area (TPSA) is 124 Å². The Labute approximate surface area is 164 Å². The van der Waals surface area contributed by atoms with Crippen molar-refractivity contribution in [2.75, 3.05) is 31.2 Å². The highest BCUT2D eigenvalue weighted by Gasteiger charge is 2.19. The summed E-state index contributed by atoms with van der Waals surface area (Å²) in [5, 5.41) is 15.3. The Kier molecular flexibility index (Phi) is 3.56. The molecule has 6 rings (SSSR count). The lowest BCUT2D eigenvalue weighted by molar-refractivity contribution is 0.123. The molecule has 6 heterocycles. The number of hydrogen-bond acceptors (Lipinski definition) is 7. The fourth-order valence-corrected chi connectivity index (χ4v) is 3.72. The van der Waals surface area contributed by atoms with E-state index in [0.717, 1.165) is 71.0 Å². The van der Waals surface area contributed by atoms with Gasteiger partial charge in [0.2, 0.25) is 0 Å². The van der Waals surface area contributed by atoms with Crippen molar-refractivity contribution in [2.24, 2.45) is 0 Å². The van der Waals surface area contributed by atoms with E-state index in [4.69, 9.17) is 9.72 Å². The number of nitrogens with zero attached hydrogens (tertiary/aromatic N) is 6. The number of ether oxygens (including phenoxy) is 1. The molecule has 0 saturated carbocycles. The van der Waals surface area contributed by atoms with Crippen LogP contribution in [0.25, 0.3) is 44.8 Å². The zero-order valence-electron chi connectivity index (χ0n) is 15.4. The first kappa shape index (κ1) is 16.2. The van der Waals surface area contributed by atoms with Gasteiger partial charge in [0.15, 0.2) is 11.5 Å². The maximum absolute atomic E-state index is 5.48. The zero-order valence-corrected chi connectivity index (χ0v) is 15.4. The van der Waals surface area contributed by atoms with Crippen molar-refractivity contribution in [3.05, 3.63) is 36.9 Å². The summed E-state index contributed by atoms with van der Waals surface area (Å²) in [6.45, 7) is 3.11. The standard InChI is InChI=1S/C19H17N9O/c1-2-20-18-17(15(1)28-3-5-29-6-4-28)24-19(25-18)16-12-7-13(11-8-22-23-9-11)21-10-14(12)26-27-16/h1-2,7-10H,3-6H2,(H,22,23)(H,26,27)(H,20,24,25). The Morgan fingerprint density at radius 3 is 2.90 bits per heavy atom. The van der Waals surface area contributed by atoms with E-state index in [-0.39, 0.29) is 0 Å². The van der Waals surface area contributed by atoms with E-state index in [1.165, 1.54) is 0 Å². The Hall–Kier alpha value is -3.79. The van der Waals surface area contributed by atoms with Gasteiger partial charge >= 0.3 is 0 Å². The molecule has 0 unspecified atom stereocenters. The second-order valence-corrected chi connectivity index (χ2v) is 6.89. The first-order valence-electron chi connectivity index (χ1n) is 9.38. The summed E-state index contributed by atoms with van der Waals surface area (Å²) in [5.74, 6) is 0.670. The molecule has 0 bridgehead atoms. The van der Waals surface area contributed by atoms with E-state index in [1.807, 2.05) is 18.3 Å². The summed E-state index contributed by atoms with van der Waals surface area (Å²) in [6, 6.07) is 3.99. The summed E-state index contributed by atoms with van der Waals surface area (Å²) in [7, 11) is 0. The molecule has 3 N–H and O–H groups in total. The molecule has 1 aliphatic rings. The first-order valence-corrected chi connectivity index (χ1v) is 9.38. The molecule has 0 aliphatic carbocycles. The fraction of sp³-hybridized carbons (Fsp3) is 0.211. The van der Waals surface area contributed by atoms with Crippen LogP contribution in [0, 0.1) is 0 Å². The van der Waals surface area contributed by atoms with Gasteiger partial charge in [0.25, 0.3) is 0 Å². The number of nitrogens with one attached hydrogen (secondary N) is 3. The molecule has 0 radical (unpaired) electrons. The number of anilines is 1. The molecular weight excluding hydrogens is 370 g/mol. The number of morpholine rings is 1. The van der Waals surface area contributed by atoms with Gasteiger partial charge in [-0.1, -0.05) is 0 Å². The zero-order chi connectivity index (χ0) is 19.2. The molecule has 1 saturated heterocycles. The lowest BCUT2D eigenvalue weighted by atomic mass is 10.1. The van der Waals surface area contributed by atoms with E-state index < -0.39 is 0 Å². The third kappa shape index (κ3) is 2.64. The summed E-state index contributed by atoms with van der Waals surface area (Å²) < 4.78 is 5.48. The van der Waals surface area contributed by atoms with Gasteiger partial charge in [-0.3, -0.25) is 15.2 Å². The number of fused-ring (bicyclic) bond motifs is 2. The first-order chi connectivity index (χ1) is 14.4. The van der Waals surface area contributed by atoms with Gasteiger partial charge in [0.05, 0.1) is 42.5 Å². The maximum atomic E-state index is 5.48. The normalized spacial score (nSPS) is 14.8. The van der Waals surface area contributed by atoms with Gasteiger partial charge in [-0.2, -0.15) is 10.2 Å². The van der Waals surface area contributed by atoms with Crippen LogP contribution in [0.3, 0.4) is 0 Å². The molecular formula is C19H17N9O. The van der Waals surface area contributed by atoms with Crippen LogP contribution in [0.15, 0.2) is 36.9 Å². The molecule has 0 spiro atoms. The Morgan fingerprint density at radius 2 is 2.03 bits per heavy atom. The maximum Gasteiger partial charge on any atom is 0.161 e. The Balaban J connectivity index is 1.48. The van der Waals surface area contributed by atoms with Crippen molar-refractivity contribution in [1.82, 2.24) is 40.3 Å². The van der Waals surface area contributed by atoms with Gasteiger partial charge in [0, 0.05) is 36.4 Å². The van der Waals surface area contributed by atoms with E-state index in [0.29, 0.717) is 5.82 Å². The molecule has 144 valence electrons. The van der Waals surface area contributed by atoms with Crippen LogP contribution in [-0.4, -0.2) is 66.6 Å². The highest BCUT2D eigenvalue weighted by atomic mass is 16.5. The van der Waals surface area contributed by atoms with Crippen molar-refractivity contribution in [2.45, 2.75) is 0 Å². The smallest absolute Gasteiger partial charge is 0.161 e. The number of imidazole rings is 1. The minimum atomic E-state index is 0.670. The number of hydrogen-bond donors (Lipinski definition) is 3. The monoisotopic (exact) mass is 387 g/mol. The minimum absolute atomic E-state index is 0.670. The van der Waals surface area contributed by atoms with Crippen molar-refractivity contribution in [3.63, 3.8) is 0 Å². The third-order valence-electron chi connectivity index (χ3n) is 5.18. The van der Waals surface area contributed by atoms with Crippen molar-refractivity contribution < 1.29 is 4.74 Å². The molecule has 0 amide bonds. The number of aromatic amines is 3. The number of rotatable bonds is 3. The number of pyridine rings is 2. The molecule has 1 fully saturated rings. The summed E-state index contributed by atoms with van der Waals surface area (Å²) in [5.41, 5.74) is 5.94. The highest BCUT2D eigenvalue weighted by molar-refractivity contribution is 5.95. The van der Waals surface area contributed by atoms with Crippen LogP contribution in [0.1, 0.15) is 0 Å². The largest absolute Gasteiger partial charge is 0.378 e. The Bertz CT molecular complexity index is 1300. The molecule has 1 aliphatic heterocycles. The summed E-state index contributed by atoms with van der Waals surface area (Å²) in [4.78, 5) is 19.4. The predicted octanol–water partition coefficient (Wildman–Crippen LogP) is 2.12. The van der Waals surface area contributed by atoms with Gasteiger partial charge in [-0.05, 0) is 12.1 Å². The number of aromatic nitrogens is 8. The predicted molar refractivity (Wildman–Crippen MR) is 107 cm³/mol. The molecule has 5 aromatic heterocycles. The molecule has 0 aromatic carbocycles. The third-order valence-corrected chi connectivity index (χ3v) is 5.18. The van der Waals surface area contributed by atoms with Crippen LogP contribution in [0.5, 0.6) is 0 Å². The second kappa shape index (κ2) is 6.38. The van der Waals surface area contributed by atoms with Gasteiger partial charge in [-0.25, -0.2) is 9.97 Å². The molecule has 10 nitrogen and oxygen atoms in total. The van der Waals surface area contributed by atoms with E-state index in [9.17, 15) is 0 Å². The van der Waals surface area contributed by atoms with Crippen LogP contribution >= 0.6 is 0 Å². The van der Waals surface area contributed by atoms with E-state index in [2.05, 4.69) is 40.2 Å². The van der Waals surface area contributed by atoms with Crippen molar-refractivity contribution >= 4 is 27.8 Å². The fourth-order valence-electron chi connectivity index (χ4n) is 3.72. The lowest BCUT2D eigenvalue weighted by Gasteiger charge is -2.28. The summed E-state index contributed by atoms with van der Waals surface area (Å²) >= 11 is 0. The van der Waals surface area contributed by atoms with Gasteiger partial charge in [-0.15, -0.1) is 0 Å². The SMILES string of the molecule is c1cc(N2CCOCC2)c2nc(-c3n[nH]c4cnc(-c5cn[nH]c5)cc34)[nH]c2n1. The number of H-pyrrole nitrogens is 3. The van der Waals surface area contributed by atoms with Crippen molar-refractivity contribution in [3.8, 4) is 22.8 Å². The second-order valence-electron chi connectivity index (χ2n) is 6.89. The quantitative estimate of drug-likeness (QED) is 0.433. The lowest BCUT2D eigenvalue weighted by Crippen LogP contribution is -2.36. The van der Waals surface area contributed by atoms with Crippen LogP contribution in [0.4, 0.5) is 5.69 Å². The van der Waals surface area contributed by atoms with Crippen LogP contribution in [-0.2, 0) is 4.74 Å². The highest BCUT2D eigenvalue weighted by Crippen LogP contribution is 2.31. The van der Waals surface area contributed by atoms with E-state index >= 15 is 0 Å². The molecule has 0 atom stereocenters. The molecule has 10 heteroatoms. The van der Waals surface area contributed by atoms with Crippen LogP contribution < -0.4 is 4.90 Å². The summed E-state index contributed by atoms with van der Waals surface area (Å²) in [6.07, 6.45) is 7.13. The molecule has 29 heavy (non-hydrogen) atoms. The minimum Gasteiger partial charge on any atom is -0.378 e. The molecule has 5 aromatic rings. The van der Waals surface area contributed by atoms with E-state index in [1.54, 1.807) is 18.6 Å². The average molecular weight is 387 g/mol. The van der Waals surface area contributed by atoms with Crippen LogP contribution in [0.2, 0.25) is 0 Å². The average Bonchev–Trinajstić information content (AvgIpc) is 3.52. The van der Waals surface area contributed by atoms with Gasteiger partial charge < -0.3 is 14.6 Å². The Morgan fingerprint density at radius 1 is 1.10 bits per heavy atom. The van der Waals surface area contributed by atoms with Gasteiger partial charge in [0.1, 0.15) is 11.2 Å². The van der Waals surface area contributed by atoms with Crippen molar-refractivity contribution in [1.29, 1.82) is 0 Å².